The van der Waals surface area contributed by atoms with Gasteiger partial charge in [-0.2, -0.15) is 0 Å². The molecular formula is C17H14N2O2. The van der Waals surface area contributed by atoms with Crippen LogP contribution in [0, 0.1) is 0 Å². The predicted molar refractivity (Wildman–Crippen MR) is 83.6 cm³/mol. The van der Waals surface area contributed by atoms with Gasteiger partial charge in [0.2, 0.25) is 0 Å². The smallest absolute Gasteiger partial charge is 0.263 e. The van der Waals surface area contributed by atoms with E-state index in [4.69, 9.17) is 0 Å². The summed E-state index contributed by atoms with van der Waals surface area (Å²) < 4.78 is 1.50. The van der Waals surface area contributed by atoms with Gasteiger partial charge in [0.05, 0.1) is 5.52 Å². The van der Waals surface area contributed by atoms with Crippen molar-refractivity contribution in [3.63, 3.8) is 0 Å². The van der Waals surface area contributed by atoms with Crippen molar-refractivity contribution in [1.29, 1.82) is 0 Å². The van der Waals surface area contributed by atoms with Gasteiger partial charge in [-0.1, -0.05) is 36.4 Å². The van der Waals surface area contributed by atoms with Gasteiger partial charge < -0.3 is 9.88 Å². The van der Waals surface area contributed by atoms with Crippen LogP contribution in [0.1, 0.15) is 10.4 Å². The Balaban J connectivity index is 2.06. The second kappa shape index (κ2) is 5.25. The number of carbonyl (C=O) groups is 1. The second-order valence-electron chi connectivity index (χ2n) is 4.80. The van der Waals surface area contributed by atoms with Crippen LogP contribution in [-0.4, -0.2) is 10.5 Å². The maximum absolute atomic E-state index is 12.3. The normalized spacial score (nSPS) is 10.5. The fourth-order valence-electron chi connectivity index (χ4n) is 2.30. The molecule has 4 heteroatoms. The van der Waals surface area contributed by atoms with Gasteiger partial charge in [-0.25, -0.2) is 0 Å². The Bertz CT molecular complexity index is 867. The Morgan fingerprint density at radius 1 is 1.00 bits per heavy atom. The van der Waals surface area contributed by atoms with Crippen LogP contribution in [0.3, 0.4) is 0 Å². The Hall–Kier alpha value is -2.88. The Labute approximate surface area is 121 Å². The van der Waals surface area contributed by atoms with Crippen LogP contribution in [0.2, 0.25) is 0 Å². The van der Waals surface area contributed by atoms with Crippen molar-refractivity contribution in [3.8, 4) is 0 Å². The number of fused-ring (bicyclic) bond motifs is 1. The molecule has 104 valence electrons. The van der Waals surface area contributed by atoms with Gasteiger partial charge in [0.25, 0.3) is 11.5 Å². The summed E-state index contributed by atoms with van der Waals surface area (Å²) in [5.74, 6) is -0.396. The number of aryl methyl sites for hydroxylation is 1. The first-order chi connectivity index (χ1) is 10.2. The Kier molecular flexibility index (Phi) is 3.28. The number of anilines is 1. The van der Waals surface area contributed by atoms with Gasteiger partial charge in [0.15, 0.2) is 0 Å². The van der Waals surface area contributed by atoms with Crippen molar-refractivity contribution >= 4 is 22.5 Å². The number of hydrogen-bond donors (Lipinski definition) is 1. The molecule has 0 bridgehead atoms. The molecule has 0 aliphatic carbocycles. The van der Waals surface area contributed by atoms with Crippen molar-refractivity contribution in [2.24, 2.45) is 7.05 Å². The molecule has 0 radical (unpaired) electrons. The predicted octanol–water partition coefficient (Wildman–Crippen LogP) is 2.79. The van der Waals surface area contributed by atoms with Gasteiger partial charge in [-0.15, -0.1) is 0 Å². The highest BCUT2D eigenvalue weighted by atomic mass is 16.2. The zero-order valence-corrected chi connectivity index (χ0v) is 11.5. The molecule has 0 atom stereocenters. The minimum absolute atomic E-state index is 0.139. The van der Waals surface area contributed by atoms with Crippen molar-refractivity contribution in [2.75, 3.05) is 5.32 Å². The Morgan fingerprint density at radius 2 is 1.67 bits per heavy atom. The lowest BCUT2D eigenvalue weighted by Crippen LogP contribution is -2.27. The molecule has 4 nitrogen and oxygen atoms in total. The maximum atomic E-state index is 12.3. The Morgan fingerprint density at radius 3 is 2.43 bits per heavy atom. The molecule has 0 aliphatic rings. The van der Waals surface area contributed by atoms with E-state index in [1.165, 1.54) is 4.57 Å². The van der Waals surface area contributed by atoms with E-state index in [-0.39, 0.29) is 11.1 Å². The first-order valence-corrected chi connectivity index (χ1v) is 6.62. The molecule has 1 aromatic heterocycles. The third-order valence-corrected chi connectivity index (χ3v) is 3.41. The van der Waals surface area contributed by atoms with E-state index in [0.717, 1.165) is 10.9 Å². The monoisotopic (exact) mass is 278 g/mol. The molecule has 3 aromatic rings. The zero-order valence-electron chi connectivity index (χ0n) is 11.5. The highest BCUT2D eigenvalue weighted by molar-refractivity contribution is 6.05. The van der Waals surface area contributed by atoms with Crippen LogP contribution in [0.5, 0.6) is 0 Å². The van der Waals surface area contributed by atoms with Crippen LogP contribution < -0.4 is 10.9 Å². The van der Waals surface area contributed by atoms with E-state index in [0.29, 0.717) is 5.69 Å². The third-order valence-electron chi connectivity index (χ3n) is 3.41. The molecule has 0 fully saturated rings. The van der Waals surface area contributed by atoms with Crippen LogP contribution in [-0.2, 0) is 7.05 Å². The lowest BCUT2D eigenvalue weighted by atomic mass is 10.1. The van der Waals surface area contributed by atoms with Crippen LogP contribution >= 0.6 is 0 Å². The van der Waals surface area contributed by atoms with Gasteiger partial charge in [-0.3, -0.25) is 9.59 Å². The number of rotatable bonds is 2. The van der Waals surface area contributed by atoms with Crippen molar-refractivity contribution in [1.82, 2.24) is 4.57 Å². The molecule has 2 aromatic carbocycles. The van der Waals surface area contributed by atoms with E-state index in [1.807, 2.05) is 42.5 Å². The van der Waals surface area contributed by atoms with E-state index in [2.05, 4.69) is 5.32 Å². The lowest BCUT2D eigenvalue weighted by Gasteiger charge is -2.09. The number of amides is 1. The number of nitrogens with one attached hydrogen (secondary N) is 1. The number of para-hydroxylation sites is 2. The second-order valence-corrected chi connectivity index (χ2v) is 4.80. The first kappa shape index (κ1) is 13.1. The standard InChI is InChI=1S/C17H14N2O2/c1-19-15-10-6-5-7-12(15)11-14(17(19)21)16(20)18-13-8-3-2-4-9-13/h2-11H,1H3,(H,18,20). The van der Waals surface area contributed by atoms with Gasteiger partial charge >= 0.3 is 0 Å². The van der Waals surface area contributed by atoms with Crippen molar-refractivity contribution < 1.29 is 4.79 Å². The van der Waals surface area contributed by atoms with Gasteiger partial charge in [0, 0.05) is 12.7 Å². The van der Waals surface area contributed by atoms with E-state index in [9.17, 15) is 9.59 Å². The van der Waals surface area contributed by atoms with Crippen LogP contribution in [0.15, 0.2) is 65.5 Å². The molecule has 21 heavy (non-hydrogen) atoms. The molecule has 1 N–H and O–H groups in total. The summed E-state index contributed by atoms with van der Waals surface area (Å²) in [6.45, 7) is 0. The van der Waals surface area contributed by atoms with Crippen molar-refractivity contribution in [3.05, 3.63) is 76.6 Å². The molecule has 0 unspecified atom stereocenters. The van der Waals surface area contributed by atoms with E-state index in [1.54, 1.807) is 25.2 Å². The summed E-state index contributed by atoms with van der Waals surface area (Å²) in [7, 11) is 1.67. The molecule has 0 saturated carbocycles. The maximum Gasteiger partial charge on any atom is 0.263 e. The topological polar surface area (TPSA) is 51.1 Å². The van der Waals surface area contributed by atoms with Gasteiger partial charge in [0.1, 0.15) is 5.56 Å². The quantitative estimate of drug-likeness (QED) is 0.783. The fraction of sp³-hybridized carbons (Fsp3) is 0.0588. The molecule has 1 heterocycles. The number of benzene rings is 2. The number of aromatic nitrogens is 1. The summed E-state index contributed by atoms with van der Waals surface area (Å²) in [5.41, 5.74) is 1.30. The summed E-state index contributed by atoms with van der Waals surface area (Å²) in [5, 5.41) is 3.60. The molecule has 1 amide bonds. The summed E-state index contributed by atoms with van der Waals surface area (Å²) in [4.78, 5) is 24.6. The minimum atomic E-state index is -0.396. The molecular weight excluding hydrogens is 264 g/mol. The first-order valence-electron chi connectivity index (χ1n) is 6.62. The number of carbonyl (C=O) groups excluding carboxylic acids is 1. The van der Waals surface area contributed by atoms with Crippen molar-refractivity contribution in [2.45, 2.75) is 0 Å². The number of hydrogen-bond acceptors (Lipinski definition) is 2. The average molecular weight is 278 g/mol. The molecule has 3 rings (SSSR count). The minimum Gasteiger partial charge on any atom is -0.322 e. The van der Waals surface area contributed by atoms with Crippen LogP contribution in [0.25, 0.3) is 10.9 Å². The van der Waals surface area contributed by atoms with Crippen LogP contribution in [0.4, 0.5) is 5.69 Å². The van der Waals surface area contributed by atoms with Gasteiger partial charge in [-0.05, 0) is 29.7 Å². The highest BCUT2D eigenvalue weighted by Crippen LogP contribution is 2.13. The molecule has 0 aliphatic heterocycles. The van der Waals surface area contributed by atoms with E-state index >= 15 is 0 Å². The average Bonchev–Trinajstić information content (AvgIpc) is 2.52. The largest absolute Gasteiger partial charge is 0.322 e. The number of pyridine rings is 1. The third kappa shape index (κ3) is 2.43. The van der Waals surface area contributed by atoms with E-state index < -0.39 is 5.91 Å². The molecule has 0 spiro atoms. The summed E-state index contributed by atoms with van der Waals surface area (Å²) in [6, 6.07) is 18.2. The number of nitrogens with zero attached hydrogens (tertiary/aromatic N) is 1. The summed E-state index contributed by atoms with van der Waals surface area (Å²) >= 11 is 0. The molecule has 0 saturated heterocycles. The highest BCUT2D eigenvalue weighted by Gasteiger charge is 2.14. The fourth-order valence-corrected chi connectivity index (χ4v) is 2.30. The lowest BCUT2D eigenvalue weighted by molar-refractivity contribution is 0.102. The zero-order chi connectivity index (χ0) is 14.8. The SMILES string of the molecule is Cn1c(=O)c(C(=O)Nc2ccccc2)cc2ccccc21. The summed E-state index contributed by atoms with van der Waals surface area (Å²) in [6.07, 6.45) is 0.